The van der Waals surface area contributed by atoms with E-state index in [0.717, 1.165) is 6.07 Å². The van der Waals surface area contributed by atoms with E-state index in [2.05, 4.69) is 4.74 Å². The fourth-order valence-electron chi connectivity index (χ4n) is 1.88. The molecule has 0 fully saturated rings. The van der Waals surface area contributed by atoms with Crippen LogP contribution in [0.1, 0.15) is 22.8 Å². The number of Topliss-reactive ketones (excluding diaryl/α,β-unsaturated/α-hetero) is 1. The van der Waals surface area contributed by atoms with Gasteiger partial charge in [-0.05, 0) is 24.1 Å². The van der Waals surface area contributed by atoms with Crippen molar-refractivity contribution in [1.29, 1.82) is 0 Å². The lowest BCUT2D eigenvalue weighted by Crippen LogP contribution is -2.17. The number of carbonyl (C=O) groups is 1. The molecule has 92 valence electrons. The summed E-state index contributed by atoms with van der Waals surface area (Å²) in [5.74, 6) is -0.925. The second-order valence-electron chi connectivity index (χ2n) is 3.96. The Bertz CT molecular complexity index is 482. The minimum Gasteiger partial charge on any atom is -0.404 e. The normalized spacial score (nSPS) is 19.4. The highest BCUT2D eigenvalue weighted by Gasteiger charge is 2.34. The molecular weight excluding hydrogens is 257 g/mol. The van der Waals surface area contributed by atoms with Crippen LogP contribution in [0, 0.1) is 5.92 Å². The predicted molar refractivity (Wildman–Crippen MR) is 55.3 cm³/mol. The zero-order valence-corrected chi connectivity index (χ0v) is 9.52. The summed E-state index contributed by atoms with van der Waals surface area (Å²) in [4.78, 5) is 11.6. The molecule has 0 unspecified atom stereocenters. The first kappa shape index (κ1) is 12.2. The summed E-state index contributed by atoms with van der Waals surface area (Å²) >= 11 is 5.67. The van der Waals surface area contributed by atoms with E-state index >= 15 is 0 Å². The Morgan fingerprint density at radius 1 is 1.41 bits per heavy atom. The van der Waals surface area contributed by atoms with Crippen molar-refractivity contribution in [2.75, 3.05) is 0 Å². The average molecular weight is 265 g/mol. The SMILES string of the molecule is C[C@H]1Cc2cc(Cl)c(OC(F)(F)F)cc2C1=O. The van der Waals surface area contributed by atoms with Crippen LogP contribution in [0.15, 0.2) is 12.1 Å². The number of halogens is 4. The standard InChI is InChI=1S/C11H8ClF3O2/c1-5-2-6-3-8(12)9(17-11(13,14)15)4-7(6)10(5)16/h3-5H,2H2,1H3/t5-/m0/s1. The molecule has 0 saturated carbocycles. The molecule has 0 aliphatic heterocycles. The number of fused-ring (bicyclic) bond motifs is 1. The van der Waals surface area contributed by atoms with Crippen LogP contribution in [0.25, 0.3) is 0 Å². The van der Waals surface area contributed by atoms with Crippen LogP contribution in [0.3, 0.4) is 0 Å². The molecule has 0 amide bonds. The zero-order valence-electron chi connectivity index (χ0n) is 8.77. The molecule has 0 spiro atoms. The van der Waals surface area contributed by atoms with Crippen LogP contribution >= 0.6 is 11.6 Å². The third-order valence-corrected chi connectivity index (χ3v) is 2.92. The molecule has 0 heterocycles. The van der Waals surface area contributed by atoms with Gasteiger partial charge in [-0.1, -0.05) is 18.5 Å². The molecule has 1 aromatic rings. The minimum atomic E-state index is -4.81. The van der Waals surface area contributed by atoms with E-state index in [1.165, 1.54) is 6.07 Å². The van der Waals surface area contributed by atoms with Crippen molar-refractivity contribution in [3.05, 3.63) is 28.3 Å². The van der Waals surface area contributed by atoms with Crippen LogP contribution in [0.5, 0.6) is 5.75 Å². The molecule has 1 aliphatic rings. The van der Waals surface area contributed by atoms with Gasteiger partial charge in [-0.25, -0.2) is 0 Å². The number of carbonyl (C=O) groups excluding carboxylic acids is 1. The van der Waals surface area contributed by atoms with E-state index in [9.17, 15) is 18.0 Å². The first-order chi connectivity index (χ1) is 7.78. The van der Waals surface area contributed by atoms with Crippen molar-refractivity contribution in [3.63, 3.8) is 0 Å². The van der Waals surface area contributed by atoms with Crippen molar-refractivity contribution < 1.29 is 22.7 Å². The topological polar surface area (TPSA) is 26.3 Å². The van der Waals surface area contributed by atoms with Crippen LogP contribution in [-0.2, 0) is 6.42 Å². The molecule has 1 atom stereocenters. The number of ketones is 1. The van der Waals surface area contributed by atoms with Gasteiger partial charge in [0.2, 0.25) is 0 Å². The number of hydrogen-bond donors (Lipinski definition) is 0. The number of rotatable bonds is 1. The number of hydrogen-bond acceptors (Lipinski definition) is 2. The molecular formula is C11H8ClF3O2. The molecule has 0 saturated heterocycles. The van der Waals surface area contributed by atoms with Gasteiger partial charge < -0.3 is 4.74 Å². The highest BCUT2D eigenvalue weighted by molar-refractivity contribution is 6.32. The van der Waals surface area contributed by atoms with E-state index in [1.807, 2.05) is 0 Å². The van der Waals surface area contributed by atoms with Gasteiger partial charge in [-0.15, -0.1) is 13.2 Å². The van der Waals surface area contributed by atoms with Gasteiger partial charge in [0.25, 0.3) is 0 Å². The van der Waals surface area contributed by atoms with Crippen molar-refractivity contribution in [2.24, 2.45) is 5.92 Å². The lowest BCUT2D eigenvalue weighted by molar-refractivity contribution is -0.274. The Kier molecular flexibility index (Phi) is 2.81. The van der Waals surface area contributed by atoms with E-state index in [1.54, 1.807) is 6.92 Å². The maximum Gasteiger partial charge on any atom is 0.573 e. The van der Waals surface area contributed by atoms with E-state index in [4.69, 9.17) is 11.6 Å². The summed E-state index contributed by atoms with van der Waals surface area (Å²) in [5, 5.41) is -0.136. The third kappa shape index (κ3) is 2.39. The second kappa shape index (κ2) is 3.91. The van der Waals surface area contributed by atoms with Gasteiger partial charge in [-0.3, -0.25) is 4.79 Å². The third-order valence-electron chi connectivity index (χ3n) is 2.62. The molecule has 1 aromatic carbocycles. The van der Waals surface area contributed by atoms with Crippen LogP contribution in [-0.4, -0.2) is 12.1 Å². The molecule has 0 radical (unpaired) electrons. The summed E-state index contributed by atoms with van der Waals surface area (Å²) in [6.45, 7) is 1.72. The lowest BCUT2D eigenvalue weighted by atomic mass is 10.1. The Balaban J connectivity index is 2.42. The predicted octanol–water partition coefficient (Wildman–Crippen LogP) is 3.61. The van der Waals surface area contributed by atoms with Crippen LogP contribution < -0.4 is 4.74 Å². The Labute approximate surface area is 100 Å². The van der Waals surface area contributed by atoms with Gasteiger partial charge in [0, 0.05) is 11.5 Å². The van der Waals surface area contributed by atoms with Crippen LogP contribution in [0.4, 0.5) is 13.2 Å². The lowest BCUT2D eigenvalue weighted by Gasteiger charge is -2.11. The fraction of sp³-hybridized carbons (Fsp3) is 0.364. The zero-order chi connectivity index (χ0) is 12.8. The smallest absolute Gasteiger partial charge is 0.404 e. The number of benzene rings is 1. The van der Waals surface area contributed by atoms with Crippen molar-refractivity contribution in [1.82, 2.24) is 0 Å². The fourth-order valence-corrected chi connectivity index (χ4v) is 2.11. The van der Waals surface area contributed by atoms with Crippen molar-refractivity contribution in [2.45, 2.75) is 19.7 Å². The molecule has 2 rings (SSSR count). The quantitative estimate of drug-likeness (QED) is 0.774. The van der Waals surface area contributed by atoms with Gasteiger partial charge in [-0.2, -0.15) is 0 Å². The Hall–Kier alpha value is -1.23. The Morgan fingerprint density at radius 2 is 2.06 bits per heavy atom. The molecule has 6 heteroatoms. The number of ether oxygens (including phenoxy) is 1. The summed E-state index contributed by atoms with van der Waals surface area (Å²) < 4.78 is 40.0. The highest BCUT2D eigenvalue weighted by atomic mass is 35.5. The summed E-state index contributed by atoms with van der Waals surface area (Å²) in [6, 6.07) is 2.43. The van der Waals surface area contributed by atoms with Crippen molar-refractivity contribution >= 4 is 17.4 Å². The van der Waals surface area contributed by atoms with E-state index in [0.29, 0.717) is 12.0 Å². The summed E-state index contributed by atoms with van der Waals surface area (Å²) in [6.07, 6.45) is -4.31. The monoisotopic (exact) mass is 264 g/mol. The maximum absolute atomic E-state index is 12.1. The molecule has 2 nitrogen and oxygen atoms in total. The molecule has 17 heavy (non-hydrogen) atoms. The Morgan fingerprint density at radius 3 is 2.65 bits per heavy atom. The number of alkyl halides is 3. The second-order valence-corrected chi connectivity index (χ2v) is 4.36. The van der Waals surface area contributed by atoms with Gasteiger partial charge in [0.05, 0.1) is 5.02 Å². The van der Waals surface area contributed by atoms with Gasteiger partial charge in [0.1, 0.15) is 5.75 Å². The van der Waals surface area contributed by atoms with E-state index < -0.39 is 12.1 Å². The minimum absolute atomic E-state index is 0.136. The van der Waals surface area contributed by atoms with Gasteiger partial charge >= 0.3 is 6.36 Å². The highest BCUT2D eigenvalue weighted by Crippen LogP contribution is 2.37. The molecule has 0 bridgehead atoms. The molecule has 0 N–H and O–H groups in total. The molecule has 0 aromatic heterocycles. The van der Waals surface area contributed by atoms with Crippen LogP contribution in [0.2, 0.25) is 5.02 Å². The van der Waals surface area contributed by atoms with Gasteiger partial charge in [0.15, 0.2) is 5.78 Å². The molecule has 1 aliphatic carbocycles. The van der Waals surface area contributed by atoms with Crippen molar-refractivity contribution in [3.8, 4) is 5.75 Å². The first-order valence-corrected chi connectivity index (χ1v) is 5.28. The largest absolute Gasteiger partial charge is 0.573 e. The van der Waals surface area contributed by atoms with E-state index in [-0.39, 0.29) is 22.3 Å². The first-order valence-electron chi connectivity index (χ1n) is 4.90. The average Bonchev–Trinajstić information content (AvgIpc) is 2.42. The summed E-state index contributed by atoms with van der Waals surface area (Å²) in [5.41, 5.74) is 0.933. The summed E-state index contributed by atoms with van der Waals surface area (Å²) in [7, 11) is 0. The maximum atomic E-state index is 12.1.